The third kappa shape index (κ3) is 3.92. The predicted molar refractivity (Wildman–Crippen MR) is 125 cm³/mol. The number of fused-ring (bicyclic) bond motifs is 2. The first-order chi connectivity index (χ1) is 15.4. The highest BCUT2D eigenvalue weighted by Crippen LogP contribution is 2.22. The lowest BCUT2D eigenvalue weighted by Crippen LogP contribution is -2.22. The fourth-order valence-corrected chi connectivity index (χ4v) is 3.60. The van der Waals surface area contributed by atoms with Crippen LogP contribution in [0.5, 0.6) is 0 Å². The molecule has 0 atom stereocenters. The Kier molecular flexibility index (Phi) is 5.87. The monoisotopic (exact) mass is 450 g/mol. The van der Waals surface area contributed by atoms with Gasteiger partial charge < -0.3 is 10.7 Å². The minimum atomic E-state index is -0.503. The Hall–Kier alpha value is -3.78. The van der Waals surface area contributed by atoms with Crippen molar-refractivity contribution in [3.05, 3.63) is 87.6 Å². The second kappa shape index (κ2) is 8.76. The molecule has 0 radical (unpaired) electrons. The lowest BCUT2D eigenvalue weighted by molar-refractivity contribution is 0.637. The first kappa shape index (κ1) is 21.5. The van der Waals surface area contributed by atoms with E-state index in [0.717, 1.165) is 11.3 Å². The maximum Gasteiger partial charge on any atom is 0.266 e. The maximum atomic E-state index is 14.1. The number of aromatic amines is 1. The summed E-state index contributed by atoms with van der Waals surface area (Å²) in [6.07, 6.45) is 3.58. The van der Waals surface area contributed by atoms with Crippen molar-refractivity contribution >= 4 is 39.4 Å². The number of nitrogen functional groups attached to an aromatic ring is 1. The Labute approximate surface area is 187 Å². The van der Waals surface area contributed by atoms with Crippen LogP contribution < -0.4 is 11.3 Å². The molecule has 0 bridgehead atoms. The maximum absolute atomic E-state index is 14.1. The van der Waals surface area contributed by atoms with Crippen molar-refractivity contribution in [3.8, 4) is 5.69 Å². The summed E-state index contributed by atoms with van der Waals surface area (Å²) in [4.78, 5) is 27.2. The second-order valence-corrected chi connectivity index (χ2v) is 7.53. The molecule has 3 aromatic heterocycles. The molecule has 5 aromatic rings. The third-order valence-corrected chi connectivity index (χ3v) is 5.51. The van der Waals surface area contributed by atoms with Crippen LogP contribution in [0.25, 0.3) is 27.6 Å². The van der Waals surface area contributed by atoms with Gasteiger partial charge >= 0.3 is 0 Å². The van der Waals surface area contributed by atoms with E-state index < -0.39 is 5.82 Å². The van der Waals surface area contributed by atoms with E-state index in [0.29, 0.717) is 39.5 Å². The van der Waals surface area contributed by atoms with Crippen molar-refractivity contribution < 1.29 is 4.39 Å². The van der Waals surface area contributed by atoms with Crippen LogP contribution in [0.2, 0.25) is 5.02 Å². The largest absolute Gasteiger partial charge is 0.382 e. The van der Waals surface area contributed by atoms with Crippen LogP contribution in [0.3, 0.4) is 0 Å². The molecule has 0 aliphatic rings. The van der Waals surface area contributed by atoms with Crippen LogP contribution in [0, 0.1) is 12.7 Å². The quantitative estimate of drug-likeness (QED) is 0.409. The van der Waals surface area contributed by atoms with Crippen LogP contribution >= 0.6 is 11.6 Å². The Morgan fingerprint density at radius 2 is 1.97 bits per heavy atom. The predicted octanol–water partition coefficient (Wildman–Crippen LogP) is 4.59. The van der Waals surface area contributed by atoms with Gasteiger partial charge in [-0.25, -0.2) is 19.3 Å². The number of nitrogens with two attached hydrogens (primary N) is 1. The number of aromatic nitrogens is 5. The van der Waals surface area contributed by atoms with Crippen LogP contribution in [0.1, 0.15) is 18.2 Å². The standard InChI is InChI=1S/C18H15ClFNO.C5H5N5/c1-3-13-9-12-5-4-6-16(20)17(12)18(22)21(13)14-8-7-11(2)15(19)10-14;6-4-3-5(9-1-7-3)10-2-8-4/h4-10H,3H2,1-2H3;1-2H,(H3,6,7,8,9,10). The zero-order valence-electron chi connectivity index (χ0n) is 17.4. The van der Waals surface area contributed by atoms with E-state index in [9.17, 15) is 9.18 Å². The molecule has 0 amide bonds. The number of benzene rings is 2. The number of rotatable bonds is 2. The molecule has 32 heavy (non-hydrogen) atoms. The summed E-state index contributed by atoms with van der Waals surface area (Å²) in [5.74, 6) is -0.0698. The van der Waals surface area contributed by atoms with Crippen molar-refractivity contribution in [2.24, 2.45) is 0 Å². The van der Waals surface area contributed by atoms with E-state index in [1.165, 1.54) is 23.3 Å². The van der Waals surface area contributed by atoms with Gasteiger partial charge in [-0.3, -0.25) is 9.36 Å². The molecule has 2 aromatic carbocycles. The van der Waals surface area contributed by atoms with Gasteiger partial charge in [-0.15, -0.1) is 0 Å². The van der Waals surface area contributed by atoms with E-state index in [1.54, 1.807) is 18.2 Å². The number of hydrogen-bond acceptors (Lipinski definition) is 5. The van der Waals surface area contributed by atoms with Crippen LogP contribution in [-0.2, 0) is 6.42 Å². The molecule has 3 heterocycles. The summed E-state index contributed by atoms with van der Waals surface area (Å²) in [5, 5.41) is 1.31. The lowest BCUT2D eigenvalue weighted by atomic mass is 10.1. The number of imidazole rings is 1. The fraction of sp³-hybridized carbons (Fsp3) is 0.130. The van der Waals surface area contributed by atoms with Crippen LogP contribution in [0.15, 0.2) is 59.9 Å². The Morgan fingerprint density at radius 1 is 1.16 bits per heavy atom. The Balaban J connectivity index is 0.000000203. The van der Waals surface area contributed by atoms with Gasteiger partial charge in [-0.1, -0.05) is 36.7 Å². The summed E-state index contributed by atoms with van der Waals surface area (Å²) in [7, 11) is 0. The molecule has 0 aliphatic carbocycles. The SMILES string of the molecule is CCc1cc2cccc(F)c2c(=O)n1-c1ccc(C)c(Cl)c1.Nc1ncnc2nc[nH]c12. The number of anilines is 1. The number of aryl methyl sites for hydroxylation is 2. The Bertz CT molecular complexity index is 1490. The first-order valence-electron chi connectivity index (χ1n) is 9.90. The van der Waals surface area contributed by atoms with E-state index >= 15 is 0 Å². The van der Waals surface area contributed by atoms with Gasteiger partial charge in [0.25, 0.3) is 5.56 Å². The fourth-order valence-electron chi connectivity index (χ4n) is 3.42. The molecule has 0 aliphatic heterocycles. The molecule has 162 valence electrons. The van der Waals surface area contributed by atoms with Crippen molar-refractivity contribution in [2.75, 3.05) is 5.73 Å². The topological polar surface area (TPSA) is 102 Å². The summed E-state index contributed by atoms with van der Waals surface area (Å²) in [5.41, 5.74) is 8.84. The summed E-state index contributed by atoms with van der Waals surface area (Å²) < 4.78 is 15.6. The highest BCUT2D eigenvalue weighted by molar-refractivity contribution is 6.31. The zero-order chi connectivity index (χ0) is 22.8. The minimum Gasteiger partial charge on any atom is -0.382 e. The van der Waals surface area contributed by atoms with Crippen molar-refractivity contribution in [1.82, 2.24) is 24.5 Å². The molecule has 0 saturated carbocycles. The molecule has 0 saturated heterocycles. The highest BCUT2D eigenvalue weighted by atomic mass is 35.5. The van der Waals surface area contributed by atoms with Gasteiger partial charge in [0, 0.05) is 10.7 Å². The molecule has 0 fully saturated rings. The number of halogens is 2. The van der Waals surface area contributed by atoms with E-state index in [-0.39, 0.29) is 10.9 Å². The van der Waals surface area contributed by atoms with Gasteiger partial charge in [0.05, 0.1) is 17.4 Å². The molecule has 9 heteroatoms. The second-order valence-electron chi connectivity index (χ2n) is 7.13. The number of H-pyrrole nitrogens is 1. The summed E-state index contributed by atoms with van der Waals surface area (Å²) >= 11 is 6.17. The number of nitrogens with one attached hydrogen (secondary N) is 1. The van der Waals surface area contributed by atoms with E-state index in [1.807, 2.05) is 32.0 Å². The van der Waals surface area contributed by atoms with Crippen molar-refractivity contribution in [1.29, 1.82) is 0 Å². The molecule has 5 rings (SSSR count). The first-order valence-corrected chi connectivity index (χ1v) is 10.3. The van der Waals surface area contributed by atoms with E-state index in [4.69, 9.17) is 17.3 Å². The van der Waals surface area contributed by atoms with Gasteiger partial charge in [0.15, 0.2) is 11.5 Å². The normalized spacial score (nSPS) is 10.9. The third-order valence-electron chi connectivity index (χ3n) is 5.10. The van der Waals surface area contributed by atoms with Crippen molar-refractivity contribution in [3.63, 3.8) is 0 Å². The molecular weight excluding hydrogens is 431 g/mol. The highest BCUT2D eigenvalue weighted by Gasteiger charge is 2.13. The van der Waals surface area contributed by atoms with Gasteiger partial charge in [0.2, 0.25) is 0 Å². The number of nitrogens with zero attached hydrogens (tertiary/aromatic N) is 4. The van der Waals surface area contributed by atoms with Gasteiger partial charge in [0.1, 0.15) is 17.7 Å². The van der Waals surface area contributed by atoms with Gasteiger partial charge in [-0.2, -0.15) is 0 Å². The average molecular weight is 451 g/mol. The minimum absolute atomic E-state index is 0.108. The smallest absolute Gasteiger partial charge is 0.266 e. The molecule has 0 unspecified atom stereocenters. The summed E-state index contributed by atoms with van der Waals surface area (Å²) in [6, 6.07) is 12.0. The molecule has 3 N–H and O–H groups in total. The average Bonchev–Trinajstić information content (AvgIpc) is 3.26. The van der Waals surface area contributed by atoms with Crippen LogP contribution in [-0.4, -0.2) is 24.5 Å². The summed E-state index contributed by atoms with van der Waals surface area (Å²) in [6.45, 7) is 3.86. The lowest BCUT2D eigenvalue weighted by Gasteiger charge is -2.14. The molecular formula is C23H20ClFN6O. The zero-order valence-corrected chi connectivity index (χ0v) is 18.2. The Morgan fingerprint density at radius 3 is 2.69 bits per heavy atom. The van der Waals surface area contributed by atoms with Gasteiger partial charge in [-0.05, 0) is 48.6 Å². The molecule has 0 spiro atoms. The van der Waals surface area contributed by atoms with E-state index in [2.05, 4.69) is 19.9 Å². The van der Waals surface area contributed by atoms with Crippen LogP contribution in [0.4, 0.5) is 10.2 Å². The number of pyridine rings is 1. The van der Waals surface area contributed by atoms with Crippen molar-refractivity contribution in [2.45, 2.75) is 20.3 Å². The number of hydrogen-bond donors (Lipinski definition) is 2. The molecule has 7 nitrogen and oxygen atoms in total.